The molecule has 0 saturated heterocycles. The summed E-state index contributed by atoms with van der Waals surface area (Å²) < 4.78 is 0.909. The second-order valence-electron chi connectivity index (χ2n) is 3.70. The molecule has 0 aliphatic rings. The summed E-state index contributed by atoms with van der Waals surface area (Å²) in [7, 11) is 0. The number of hydrogen-bond acceptors (Lipinski definition) is 0. The van der Waals surface area contributed by atoms with Gasteiger partial charge in [0.05, 0.1) is 0 Å². The van der Waals surface area contributed by atoms with Crippen molar-refractivity contribution >= 4 is 27.9 Å². The van der Waals surface area contributed by atoms with E-state index in [9.17, 15) is 0 Å². The van der Waals surface area contributed by atoms with Crippen molar-refractivity contribution < 1.29 is 0 Å². The van der Waals surface area contributed by atoms with Gasteiger partial charge in [-0.15, -0.1) is 0 Å². The molecule has 0 spiro atoms. The number of unbranched alkanes of at least 4 members (excludes halogenated alkanes) is 1. The summed E-state index contributed by atoms with van der Waals surface area (Å²) in [6.07, 6.45) is 10.2. The Morgan fingerprint density at radius 1 is 1.33 bits per heavy atom. The van der Waals surface area contributed by atoms with E-state index in [1.165, 1.54) is 53.6 Å². The van der Waals surface area contributed by atoms with E-state index in [4.69, 9.17) is 0 Å². The minimum atomic E-state index is 0.909. The Morgan fingerprint density at radius 3 is 2.42 bits per heavy atom. The fraction of sp³-hybridized carbons (Fsp3) is 0.818. The van der Waals surface area contributed by atoms with Gasteiger partial charge >= 0.3 is 95.6 Å². The van der Waals surface area contributed by atoms with E-state index in [1.807, 2.05) is 0 Å². The fourth-order valence-corrected chi connectivity index (χ4v) is 2.96. The van der Waals surface area contributed by atoms with Gasteiger partial charge in [0.15, 0.2) is 0 Å². The Labute approximate surface area is 95.2 Å². The van der Waals surface area contributed by atoms with Crippen molar-refractivity contribution in [2.45, 2.75) is 49.6 Å². The molecule has 0 aromatic rings. The summed E-state index contributed by atoms with van der Waals surface area (Å²) in [6, 6.07) is 0. The Hall–Kier alpha value is 0.740. The van der Waals surface area contributed by atoms with Crippen LogP contribution in [-0.4, -0.2) is 27.9 Å². The van der Waals surface area contributed by atoms with Gasteiger partial charge < -0.3 is 0 Å². The van der Waals surface area contributed by atoms with Gasteiger partial charge in [0.2, 0.25) is 0 Å². The van der Waals surface area contributed by atoms with Crippen LogP contribution in [0.2, 0.25) is 3.17 Å². The average Bonchev–Trinajstić information content (AvgIpc) is 2.06. The zero-order valence-corrected chi connectivity index (χ0v) is 11.1. The van der Waals surface area contributed by atoms with Gasteiger partial charge in [0.1, 0.15) is 0 Å². The van der Waals surface area contributed by atoms with Crippen LogP contribution in [0.15, 0.2) is 12.2 Å². The number of rotatable bonds is 6. The second kappa shape index (κ2) is 8.34. The average molecular weight is 176 g/mol. The summed E-state index contributed by atoms with van der Waals surface area (Å²) in [5.74, 6) is 0.966. The minimum absolute atomic E-state index is 0.909. The summed E-state index contributed by atoms with van der Waals surface area (Å²) in [4.78, 5) is 0. The van der Waals surface area contributed by atoms with Crippen LogP contribution in [0, 0.1) is 5.92 Å². The van der Waals surface area contributed by atoms with Crippen LogP contribution in [0.1, 0.15) is 46.5 Å². The zero-order chi connectivity index (χ0) is 9.40. The summed E-state index contributed by atoms with van der Waals surface area (Å²) in [5.41, 5.74) is 0. The van der Waals surface area contributed by atoms with E-state index in [0.29, 0.717) is 0 Å². The van der Waals surface area contributed by atoms with Crippen molar-refractivity contribution in [2.24, 2.45) is 5.92 Å². The molecule has 0 aliphatic carbocycles. The first kappa shape index (κ1) is 12.7. The molecule has 66 valence electrons. The topological polar surface area (TPSA) is 0 Å². The van der Waals surface area contributed by atoms with Crippen molar-refractivity contribution in [2.75, 3.05) is 0 Å². The van der Waals surface area contributed by atoms with E-state index in [-0.39, 0.29) is 0 Å². The van der Waals surface area contributed by atoms with Crippen LogP contribution in [0.4, 0.5) is 0 Å². The van der Waals surface area contributed by atoms with E-state index in [2.05, 4.69) is 32.9 Å². The molecule has 2 unspecified atom stereocenters. The van der Waals surface area contributed by atoms with E-state index in [0.717, 1.165) is 9.09 Å². The molecule has 0 nitrogen and oxygen atoms in total. The van der Waals surface area contributed by atoms with Crippen molar-refractivity contribution in [3.8, 4) is 0 Å². The molecule has 0 heterocycles. The van der Waals surface area contributed by atoms with Gasteiger partial charge in [-0.2, -0.15) is 0 Å². The summed E-state index contributed by atoms with van der Waals surface area (Å²) >= 11 is 1.32. The molecule has 0 amide bonds. The molecule has 2 atom stereocenters. The first-order valence-corrected chi connectivity index (χ1v) is 6.54. The van der Waals surface area contributed by atoms with E-state index >= 15 is 0 Å². The van der Waals surface area contributed by atoms with Gasteiger partial charge in [0.25, 0.3) is 0 Å². The second-order valence-corrected chi connectivity index (χ2v) is 5.03. The van der Waals surface area contributed by atoms with Gasteiger partial charge in [-0.05, 0) is 0 Å². The van der Waals surface area contributed by atoms with Crippen molar-refractivity contribution in [3.63, 3.8) is 0 Å². The van der Waals surface area contributed by atoms with Crippen molar-refractivity contribution in [1.29, 1.82) is 0 Å². The first-order valence-electron chi connectivity index (χ1n) is 5.39. The molecule has 1 heteroatoms. The molecule has 12 heavy (non-hydrogen) atoms. The maximum atomic E-state index is 2.40. The van der Waals surface area contributed by atoms with Crippen LogP contribution < -0.4 is 0 Å². The third-order valence-electron chi connectivity index (χ3n) is 2.69. The van der Waals surface area contributed by atoms with Crippen LogP contribution >= 0.6 is 0 Å². The fourth-order valence-electron chi connectivity index (χ4n) is 1.77. The molecule has 0 aliphatic heterocycles. The van der Waals surface area contributed by atoms with Gasteiger partial charge in [-0.3, -0.25) is 0 Å². The SMILES string of the molecule is CC=C[CH]([Na])C(CC)CCCC. The number of allylic oxidation sites excluding steroid dienone is 2. The molecular weight excluding hydrogens is 155 g/mol. The van der Waals surface area contributed by atoms with Gasteiger partial charge in [0, 0.05) is 0 Å². The Morgan fingerprint density at radius 2 is 2.00 bits per heavy atom. The molecule has 0 aromatic carbocycles. The third-order valence-corrected chi connectivity index (χ3v) is 4.02. The molecule has 0 radical (unpaired) electrons. The molecule has 0 saturated carbocycles. The normalized spacial score (nSPS) is 16.8. The van der Waals surface area contributed by atoms with Crippen LogP contribution in [0.25, 0.3) is 0 Å². The molecule has 0 aromatic heterocycles. The molecule has 0 N–H and O–H groups in total. The Balaban J connectivity index is 3.78. The summed E-state index contributed by atoms with van der Waals surface area (Å²) in [6.45, 7) is 6.75. The van der Waals surface area contributed by atoms with Crippen molar-refractivity contribution in [3.05, 3.63) is 12.2 Å². The van der Waals surface area contributed by atoms with Gasteiger partial charge in [-0.25, -0.2) is 0 Å². The monoisotopic (exact) mass is 176 g/mol. The van der Waals surface area contributed by atoms with E-state index < -0.39 is 0 Å². The van der Waals surface area contributed by atoms with Crippen LogP contribution in [0.3, 0.4) is 0 Å². The molecular formula is C11H21Na. The Bertz CT molecular complexity index is 118. The zero-order valence-electron chi connectivity index (χ0n) is 9.14. The van der Waals surface area contributed by atoms with Gasteiger partial charge in [-0.1, -0.05) is 0 Å². The predicted molar refractivity (Wildman–Crippen MR) is 57.6 cm³/mol. The van der Waals surface area contributed by atoms with Crippen LogP contribution in [-0.2, 0) is 0 Å². The predicted octanol–water partition coefficient (Wildman–Crippen LogP) is 3.74. The Kier molecular flexibility index (Phi) is 8.86. The maximum absolute atomic E-state index is 2.40. The standard InChI is InChI=1S/C11H21.Na/c1-4-7-9-11(6-3)10-8-5-2;/h4,7,9,11H,5-6,8,10H2,1-3H3;. The first-order chi connectivity index (χ1) is 5.76. The summed E-state index contributed by atoms with van der Waals surface area (Å²) in [5, 5.41) is 0. The van der Waals surface area contributed by atoms with Crippen molar-refractivity contribution in [1.82, 2.24) is 0 Å². The number of hydrogen-bond donors (Lipinski definition) is 0. The molecule has 0 rings (SSSR count). The third kappa shape index (κ3) is 5.40. The van der Waals surface area contributed by atoms with Crippen LogP contribution in [0.5, 0.6) is 0 Å². The van der Waals surface area contributed by atoms with E-state index in [1.54, 1.807) is 0 Å². The molecule has 0 fully saturated rings. The molecule has 0 bridgehead atoms. The quantitative estimate of drug-likeness (QED) is 0.427.